The molecular weight excluding hydrogens is 308 g/mol. The van der Waals surface area contributed by atoms with Crippen LogP contribution in [0.2, 0.25) is 0 Å². The van der Waals surface area contributed by atoms with E-state index in [2.05, 4.69) is 9.97 Å². The maximum absolute atomic E-state index is 12.7. The molecule has 0 aromatic carbocycles. The van der Waals surface area contributed by atoms with E-state index in [1.807, 2.05) is 23.9 Å². The van der Waals surface area contributed by atoms with Gasteiger partial charge in [0.2, 0.25) is 5.91 Å². The third-order valence-corrected chi connectivity index (χ3v) is 4.61. The van der Waals surface area contributed by atoms with E-state index in [1.165, 1.54) is 0 Å². The summed E-state index contributed by atoms with van der Waals surface area (Å²) >= 11 is 0. The summed E-state index contributed by atoms with van der Waals surface area (Å²) in [4.78, 5) is 25.2. The number of anilines is 1. The van der Waals surface area contributed by atoms with Crippen molar-refractivity contribution in [1.29, 1.82) is 0 Å². The van der Waals surface area contributed by atoms with Crippen LogP contribution in [0, 0.1) is 5.92 Å². The first kappa shape index (κ1) is 17.0. The first-order chi connectivity index (χ1) is 11.6. The zero-order valence-electron chi connectivity index (χ0n) is 14.5. The largest absolute Gasteiger partial charge is 0.470 e. The standard InChI is InChI=1S/C17H26N4O3/c1-20(2)15-16(19-8-7-18-15)24-14-4-3-9-21(12-14)17(22)13-5-10-23-11-6-13/h7-8,13-14H,3-6,9-12H2,1-2H3. The number of piperidine rings is 1. The molecule has 0 spiro atoms. The number of aromatic nitrogens is 2. The van der Waals surface area contributed by atoms with Crippen LogP contribution in [0.4, 0.5) is 5.82 Å². The van der Waals surface area contributed by atoms with Crippen molar-refractivity contribution in [2.75, 3.05) is 45.3 Å². The van der Waals surface area contributed by atoms with E-state index in [0.717, 1.165) is 32.2 Å². The lowest BCUT2D eigenvalue weighted by Gasteiger charge is -2.35. The van der Waals surface area contributed by atoms with Gasteiger partial charge in [0.1, 0.15) is 6.10 Å². The molecule has 0 N–H and O–H groups in total. The third-order valence-electron chi connectivity index (χ3n) is 4.61. The Morgan fingerprint density at radius 1 is 1.25 bits per heavy atom. The molecular formula is C17H26N4O3. The minimum atomic E-state index is -0.0297. The second kappa shape index (κ2) is 7.79. The van der Waals surface area contributed by atoms with E-state index in [0.29, 0.717) is 31.5 Å². The number of hydrogen-bond acceptors (Lipinski definition) is 6. The smallest absolute Gasteiger partial charge is 0.257 e. The van der Waals surface area contributed by atoms with Gasteiger partial charge in [0.05, 0.1) is 6.54 Å². The van der Waals surface area contributed by atoms with Crippen molar-refractivity contribution < 1.29 is 14.3 Å². The number of nitrogens with zero attached hydrogens (tertiary/aromatic N) is 4. The fourth-order valence-electron chi connectivity index (χ4n) is 3.30. The highest BCUT2D eigenvalue weighted by atomic mass is 16.5. The van der Waals surface area contributed by atoms with Gasteiger partial charge in [0.15, 0.2) is 5.82 Å². The van der Waals surface area contributed by atoms with Crippen molar-refractivity contribution in [3.05, 3.63) is 12.4 Å². The summed E-state index contributed by atoms with van der Waals surface area (Å²) < 4.78 is 11.4. The summed E-state index contributed by atoms with van der Waals surface area (Å²) in [6, 6.07) is 0. The second-order valence-electron chi connectivity index (χ2n) is 6.63. The SMILES string of the molecule is CN(C)c1nccnc1OC1CCCN(C(=O)C2CCOCC2)C1. The fraction of sp³-hybridized carbons (Fsp3) is 0.706. The summed E-state index contributed by atoms with van der Waals surface area (Å²) in [5.74, 6) is 1.60. The molecule has 2 fully saturated rings. The summed E-state index contributed by atoms with van der Waals surface area (Å²) in [5.41, 5.74) is 0. The number of ether oxygens (including phenoxy) is 2. The highest BCUT2D eigenvalue weighted by Gasteiger charge is 2.31. The predicted octanol–water partition coefficient (Wildman–Crippen LogP) is 1.34. The van der Waals surface area contributed by atoms with Gasteiger partial charge in [-0.1, -0.05) is 0 Å². The minimum absolute atomic E-state index is 0.0297. The minimum Gasteiger partial charge on any atom is -0.470 e. The molecule has 1 amide bonds. The van der Waals surface area contributed by atoms with Gasteiger partial charge >= 0.3 is 0 Å². The van der Waals surface area contributed by atoms with Gasteiger partial charge in [-0.25, -0.2) is 9.97 Å². The molecule has 0 radical (unpaired) electrons. The van der Waals surface area contributed by atoms with Crippen LogP contribution in [0.15, 0.2) is 12.4 Å². The zero-order valence-corrected chi connectivity index (χ0v) is 14.5. The average Bonchev–Trinajstić information content (AvgIpc) is 2.62. The van der Waals surface area contributed by atoms with Crippen LogP contribution in [0.5, 0.6) is 5.88 Å². The Hall–Kier alpha value is -1.89. The summed E-state index contributed by atoms with van der Waals surface area (Å²) in [6.45, 7) is 2.82. The number of rotatable bonds is 4. The van der Waals surface area contributed by atoms with Gasteiger partial charge in [-0.3, -0.25) is 4.79 Å². The molecule has 2 aliphatic rings. The van der Waals surface area contributed by atoms with Gasteiger partial charge in [-0.15, -0.1) is 0 Å². The summed E-state index contributed by atoms with van der Waals surface area (Å²) in [5, 5.41) is 0. The van der Waals surface area contributed by atoms with Gasteiger partial charge < -0.3 is 19.3 Å². The fourth-order valence-corrected chi connectivity index (χ4v) is 3.30. The molecule has 2 aliphatic heterocycles. The molecule has 1 unspecified atom stereocenters. The molecule has 1 aromatic heterocycles. The average molecular weight is 334 g/mol. The van der Waals surface area contributed by atoms with E-state index >= 15 is 0 Å². The van der Waals surface area contributed by atoms with Crippen molar-refractivity contribution in [3.8, 4) is 5.88 Å². The Morgan fingerprint density at radius 2 is 2.00 bits per heavy atom. The van der Waals surface area contributed by atoms with Crippen molar-refractivity contribution >= 4 is 11.7 Å². The molecule has 0 aliphatic carbocycles. The van der Waals surface area contributed by atoms with Gasteiger partial charge in [-0.05, 0) is 25.7 Å². The Bertz CT molecular complexity index is 561. The van der Waals surface area contributed by atoms with E-state index in [-0.39, 0.29) is 17.9 Å². The Balaban J connectivity index is 1.62. The molecule has 132 valence electrons. The first-order valence-corrected chi connectivity index (χ1v) is 8.66. The lowest BCUT2D eigenvalue weighted by atomic mass is 9.97. The Labute approximate surface area is 143 Å². The number of carbonyl (C=O) groups excluding carboxylic acids is 1. The van der Waals surface area contributed by atoms with E-state index < -0.39 is 0 Å². The molecule has 7 nitrogen and oxygen atoms in total. The van der Waals surface area contributed by atoms with Crippen molar-refractivity contribution in [2.24, 2.45) is 5.92 Å². The van der Waals surface area contributed by atoms with E-state index in [9.17, 15) is 4.79 Å². The van der Waals surface area contributed by atoms with Gasteiger partial charge in [-0.2, -0.15) is 0 Å². The zero-order chi connectivity index (χ0) is 16.9. The maximum atomic E-state index is 12.7. The number of amides is 1. The number of carbonyl (C=O) groups is 1. The van der Waals surface area contributed by atoms with Gasteiger partial charge in [0.25, 0.3) is 5.88 Å². The third kappa shape index (κ3) is 3.95. The molecule has 24 heavy (non-hydrogen) atoms. The molecule has 1 aromatic rings. The van der Waals surface area contributed by atoms with Crippen LogP contribution >= 0.6 is 0 Å². The van der Waals surface area contributed by atoms with Crippen LogP contribution in [0.1, 0.15) is 25.7 Å². The van der Waals surface area contributed by atoms with Crippen molar-refractivity contribution in [3.63, 3.8) is 0 Å². The van der Waals surface area contributed by atoms with Gasteiger partial charge in [0, 0.05) is 52.2 Å². The highest BCUT2D eigenvalue weighted by Crippen LogP contribution is 2.25. The quantitative estimate of drug-likeness (QED) is 0.828. The van der Waals surface area contributed by atoms with Crippen molar-refractivity contribution in [1.82, 2.24) is 14.9 Å². The second-order valence-corrected chi connectivity index (χ2v) is 6.63. The molecule has 0 bridgehead atoms. The maximum Gasteiger partial charge on any atom is 0.257 e. The summed E-state index contributed by atoms with van der Waals surface area (Å²) in [7, 11) is 3.83. The Morgan fingerprint density at radius 3 is 2.75 bits per heavy atom. The van der Waals surface area contributed by atoms with Crippen molar-refractivity contribution in [2.45, 2.75) is 31.8 Å². The molecule has 3 heterocycles. The lowest BCUT2D eigenvalue weighted by molar-refractivity contribution is -0.141. The highest BCUT2D eigenvalue weighted by molar-refractivity contribution is 5.79. The first-order valence-electron chi connectivity index (χ1n) is 8.66. The van der Waals surface area contributed by atoms with E-state index in [1.54, 1.807) is 12.4 Å². The number of hydrogen-bond donors (Lipinski definition) is 0. The monoisotopic (exact) mass is 334 g/mol. The molecule has 1 atom stereocenters. The van der Waals surface area contributed by atoms with Crippen LogP contribution < -0.4 is 9.64 Å². The van der Waals surface area contributed by atoms with Crippen LogP contribution in [-0.4, -0.2) is 67.3 Å². The lowest BCUT2D eigenvalue weighted by Crippen LogP contribution is -2.47. The van der Waals surface area contributed by atoms with E-state index in [4.69, 9.17) is 9.47 Å². The molecule has 0 saturated carbocycles. The summed E-state index contributed by atoms with van der Waals surface area (Å²) in [6.07, 6.45) is 6.81. The molecule has 2 saturated heterocycles. The molecule has 3 rings (SSSR count). The topological polar surface area (TPSA) is 67.8 Å². The van der Waals surface area contributed by atoms with Crippen LogP contribution in [0.3, 0.4) is 0 Å². The normalized spacial score (nSPS) is 22.2. The van der Waals surface area contributed by atoms with Crippen LogP contribution in [-0.2, 0) is 9.53 Å². The van der Waals surface area contributed by atoms with Crippen LogP contribution in [0.25, 0.3) is 0 Å². The number of likely N-dealkylation sites (tertiary alicyclic amines) is 1. The Kier molecular flexibility index (Phi) is 5.50. The molecule has 7 heteroatoms. The predicted molar refractivity (Wildman–Crippen MR) is 90.1 cm³/mol.